The molecule has 0 unspecified atom stereocenters. The Morgan fingerprint density at radius 2 is 2.25 bits per heavy atom. The molecule has 1 aromatic heterocycles. The van der Waals surface area contributed by atoms with Crippen LogP contribution in [0.4, 0.5) is 11.4 Å². The number of nitrogens with one attached hydrogen (secondary N) is 1. The number of halogens is 1. The minimum absolute atomic E-state index is 0.000989. The Labute approximate surface area is 143 Å². The largest absolute Gasteiger partial charge is 0.489 e. The number of carbonyl (C=O) groups is 1. The second-order valence-electron chi connectivity index (χ2n) is 5.33. The lowest BCUT2D eigenvalue weighted by molar-refractivity contribution is -0.385. The van der Waals surface area contributed by atoms with Crippen LogP contribution in [-0.2, 0) is 11.3 Å². The van der Waals surface area contributed by atoms with Gasteiger partial charge in [0.15, 0.2) is 0 Å². The van der Waals surface area contributed by atoms with Crippen molar-refractivity contribution in [3.8, 4) is 5.75 Å². The highest BCUT2D eigenvalue weighted by Gasteiger charge is 2.11. The summed E-state index contributed by atoms with van der Waals surface area (Å²) in [4.78, 5) is 22.0. The van der Waals surface area contributed by atoms with E-state index in [9.17, 15) is 14.9 Å². The van der Waals surface area contributed by atoms with Crippen molar-refractivity contribution in [3.05, 3.63) is 45.7 Å². The van der Waals surface area contributed by atoms with E-state index in [1.165, 1.54) is 10.9 Å². The highest BCUT2D eigenvalue weighted by atomic mass is 35.5. The molecule has 0 aliphatic carbocycles. The van der Waals surface area contributed by atoms with Gasteiger partial charge in [0.2, 0.25) is 5.91 Å². The molecule has 24 heavy (non-hydrogen) atoms. The van der Waals surface area contributed by atoms with Crippen molar-refractivity contribution in [1.82, 2.24) is 9.78 Å². The molecule has 2 rings (SSSR count). The molecule has 0 bridgehead atoms. The average molecular weight is 353 g/mol. The molecular formula is C15H17ClN4O4. The Morgan fingerprint density at radius 3 is 2.83 bits per heavy atom. The number of anilines is 1. The molecule has 0 aliphatic rings. The molecule has 0 spiro atoms. The van der Waals surface area contributed by atoms with Gasteiger partial charge in [0.05, 0.1) is 16.0 Å². The van der Waals surface area contributed by atoms with Crippen molar-refractivity contribution < 1.29 is 14.5 Å². The fraction of sp³-hybridized carbons (Fsp3) is 0.333. The summed E-state index contributed by atoms with van der Waals surface area (Å²) in [6, 6.07) is 4.99. The Morgan fingerprint density at radius 1 is 1.50 bits per heavy atom. The zero-order valence-electron chi connectivity index (χ0n) is 13.2. The van der Waals surface area contributed by atoms with Crippen LogP contribution in [0.3, 0.4) is 0 Å². The number of rotatable bonds is 7. The molecule has 0 atom stereocenters. The molecule has 0 saturated heterocycles. The molecule has 0 saturated carbocycles. The van der Waals surface area contributed by atoms with Crippen LogP contribution >= 0.6 is 11.6 Å². The number of aryl methyl sites for hydroxylation is 1. The van der Waals surface area contributed by atoms with Crippen LogP contribution < -0.4 is 10.1 Å². The number of ether oxygens (including phenoxy) is 1. The van der Waals surface area contributed by atoms with Crippen LogP contribution in [0.2, 0.25) is 5.02 Å². The summed E-state index contributed by atoms with van der Waals surface area (Å²) < 4.78 is 6.87. The molecule has 0 fully saturated rings. The Balaban J connectivity index is 1.89. The van der Waals surface area contributed by atoms with Crippen LogP contribution in [0.5, 0.6) is 5.75 Å². The van der Waals surface area contributed by atoms with Crippen LogP contribution in [0.15, 0.2) is 30.6 Å². The van der Waals surface area contributed by atoms with E-state index in [2.05, 4.69) is 10.4 Å². The van der Waals surface area contributed by atoms with E-state index in [1.54, 1.807) is 18.2 Å². The maximum atomic E-state index is 11.9. The van der Waals surface area contributed by atoms with Crippen molar-refractivity contribution in [1.29, 1.82) is 0 Å². The Kier molecular flexibility index (Phi) is 5.75. The van der Waals surface area contributed by atoms with Crippen molar-refractivity contribution in [2.75, 3.05) is 5.32 Å². The molecule has 128 valence electrons. The van der Waals surface area contributed by atoms with E-state index < -0.39 is 4.92 Å². The highest BCUT2D eigenvalue weighted by molar-refractivity contribution is 6.32. The third kappa shape index (κ3) is 4.95. The van der Waals surface area contributed by atoms with E-state index in [4.69, 9.17) is 16.3 Å². The lowest BCUT2D eigenvalue weighted by Crippen LogP contribution is -2.14. The van der Waals surface area contributed by atoms with E-state index in [-0.39, 0.29) is 30.7 Å². The molecular weight excluding hydrogens is 336 g/mol. The number of carbonyl (C=O) groups excluding carboxylic acids is 1. The number of hydrogen-bond donors (Lipinski definition) is 1. The van der Waals surface area contributed by atoms with Gasteiger partial charge < -0.3 is 10.1 Å². The first-order chi connectivity index (χ1) is 11.3. The van der Waals surface area contributed by atoms with Crippen LogP contribution in [0.25, 0.3) is 0 Å². The Bertz CT molecular complexity index is 745. The van der Waals surface area contributed by atoms with Gasteiger partial charge in [-0.3, -0.25) is 19.6 Å². The van der Waals surface area contributed by atoms with Gasteiger partial charge in [-0.25, -0.2) is 0 Å². The van der Waals surface area contributed by atoms with Crippen molar-refractivity contribution in [2.45, 2.75) is 32.9 Å². The fourth-order valence-corrected chi connectivity index (χ4v) is 2.16. The van der Waals surface area contributed by atoms with Gasteiger partial charge in [0.25, 0.3) is 0 Å². The van der Waals surface area contributed by atoms with Gasteiger partial charge in [0.1, 0.15) is 18.1 Å². The SMILES string of the molecule is CC(C)Oc1ccc(NC(=O)CCn2cc([N+](=O)[O-])cn2)cc1Cl. The number of aromatic nitrogens is 2. The molecule has 2 aromatic rings. The first kappa shape index (κ1) is 17.7. The van der Waals surface area contributed by atoms with Crippen LogP contribution in [-0.4, -0.2) is 26.7 Å². The molecule has 0 radical (unpaired) electrons. The second kappa shape index (κ2) is 7.78. The predicted molar refractivity (Wildman–Crippen MR) is 89.3 cm³/mol. The van der Waals surface area contributed by atoms with Gasteiger partial charge in [-0.05, 0) is 32.0 Å². The summed E-state index contributed by atoms with van der Waals surface area (Å²) in [6.45, 7) is 4.03. The molecule has 1 amide bonds. The van der Waals surface area contributed by atoms with E-state index in [0.29, 0.717) is 16.5 Å². The number of amides is 1. The zero-order chi connectivity index (χ0) is 17.7. The molecule has 1 aromatic carbocycles. The van der Waals surface area contributed by atoms with Gasteiger partial charge in [0, 0.05) is 18.7 Å². The van der Waals surface area contributed by atoms with E-state index in [1.807, 2.05) is 13.8 Å². The first-order valence-electron chi connectivity index (χ1n) is 7.28. The summed E-state index contributed by atoms with van der Waals surface area (Å²) >= 11 is 6.11. The maximum Gasteiger partial charge on any atom is 0.306 e. The molecule has 8 nitrogen and oxygen atoms in total. The predicted octanol–water partition coefficient (Wildman–Crippen LogP) is 3.26. The van der Waals surface area contributed by atoms with Gasteiger partial charge in [-0.1, -0.05) is 11.6 Å². The molecule has 9 heteroatoms. The summed E-state index contributed by atoms with van der Waals surface area (Å²) in [6.07, 6.45) is 2.55. The molecule has 0 aliphatic heterocycles. The van der Waals surface area contributed by atoms with Gasteiger partial charge in [-0.2, -0.15) is 5.10 Å². The van der Waals surface area contributed by atoms with E-state index >= 15 is 0 Å². The minimum Gasteiger partial charge on any atom is -0.489 e. The maximum absolute atomic E-state index is 11.9. The minimum atomic E-state index is -0.535. The number of benzene rings is 1. The summed E-state index contributed by atoms with van der Waals surface area (Å²) in [5.41, 5.74) is 0.440. The smallest absolute Gasteiger partial charge is 0.306 e. The topological polar surface area (TPSA) is 99.3 Å². The van der Waals surface area contributed by atoms with Crippen molar-refractivity contribution >= 4 is 28.9 Å². The zero-order valence-corrected chi connectivity index (χ0v) is 14.0. The molecule has 1 N–H and O–H groups in total. The highest BCUT2D eigenvalue weighted by Crippen LogP contribution is 2.28. The van der Waals surface area contributed by atoms with E-state index in [0.717, 1.165) is 6.20 Å². The number of hydrogen-bond acceptors (Lipinski definition) is 5. The van der Waals surface area contributed by atoms with Gasteiger partial charge in [-0.15, -0.1) is 0 Å². The summed E-state index contributed by atoms with van der Waals surface area (Å²) in [5.74, 6) is 0.301. The monoisotopic (exact) mass is 352 g/mol. The molecule has 1 heterocycles. The fourth-order valence-electron chi connectivity index (χ4n) is 1.94. The van der Waals surface area contributed by atoms with Gasteiger partial charge >= 0.3 is 5.69 Å². The average Bonchev–Trinajstić information content (AvgIpc) is 2.97. The van der Waals surface area contributed by atoms with Crippen LogP contribution in [0.1, 0.15) is 20.3 Å². The lowest BCUT2D eigenvalue weighted by atomic mass is 10.3. The van der Waals surface area contributed by atoms with Crippen molar-refractivity contribution in [2.24, 2.45) is 0 Å². The third-order valence-electron chi connectivity index (χ3n) is 2.98. The number of nitro groups is 1. The number of nitrogens with zero attached hydrogens (tertiary/aromatic N) is 3. The third-order valence-corrected chi connectivity index (χ3v) is 3.27. The standard InChI is InChI=1S/C15H17ClN4O4/c1-10(2)24-14-4-3-11(7-13(14)16)18-15(21)5-6-19-9-12(8-17-19)20(22)23/h3-4,7-10H,5-6H2,1-2H3,(H,18,21). The second-order valence-corrected chi connectivity index (χ2v) is 5.74. The normalized spacial score (nSPS) is 10.7. The van der Waals surface area contributed by atoms with Crippen molar-refractivity contribution in [3.63, 3.8) is 0 Å². The summed E-state index contributed by atoms with van der Waals surface area (Å²) in [7, 11) is 0. The summed E-state index contributed by atoms with van der Waals surface area (Å²) in [5, 5.41) is 17.5. The first-order valence-corrected chi connectivity index (χ1v) is 7.66. The lowest BCUT2D eigenvalue weighted by Gasteiger charge is -2.12. The van der Waals surface area contributed by atoms with Crippen LogP contribution in [0, 0.1) is 10.1 Å². The quantitative estimate of drug-likeness (QED) is 0.609. The Hall–Kier alpha value is -2.61.